The van der Waals surface area contributed by atoms with E-state index < -0.39 is 24.3 Å². The Labute approximate surface area is 146 Å². The molecule has 2 amide bonds. The highest BCUT2D eigenvalue weighted by Gasteiger charge is 2.41. The summed E-state index contributed by atoms with van der Waals surface area (Å²) in [6.07, 6.45) is -1.13. The van der Waals surface area contributed by atoms with Crippen LogP contribution in [0, 0.1) is 24.2 Å². The van der Waals surface area contributed by atoms with Gasteiger partial charge in [0.1, 0.15) is 6.07 Å². The van der Waals surface area contributed by atoms with Crippen molar-refractivity contribution in [3.63, 3.8) is 0 Å². The third kappa shape index (κ3) is 3.48. The van der Waals surface area contributed by atoms with Gasteiger partial charge in [-0.2, -0.15) is 5.26 Å². The molecule has 6 nitrogen and oxygen atoms in total. The predicted octanol–water partition coefficient (Wildman–Crippen LogP) is 2.50. The summed E-state index contributed by atoms with van der Waals surface area (Å²) >= 11 is 6.12. The van der Waals surface area contributed by atoms with E-state index in [9.17, 15) is 15.0 Å². The number of rotatable bonds is 3. The fraction of sp³-hybridized carbons (Fsp3) is 0.529. The third-order valence-corrected chi connectivity index (χ3v) is 4.95. The van der Waals surface area contributed by atoms with Gasteiger partial charge in [-0.05, 0) is 37.0 Å². The molecule has 0 radical (unpaired) electrons. The first-order valence-corrected chi connectivity index (χ1v) is 8.28. The lowest BCUT2D eigenvalue weighted by Gasteiger charge is -2.32. The molecule has 1 fully saturated rings. The molecule has 1 aliphatic heterocycles. The van der Waals surface area contributed by atoms with Gasteiger partial charge in [-0.15, -0.1) is 0 Å². The van der Waals surface area contributed by atoms with Crippen LogP contribution in [0.25, 0.3) is 0 Å². The normalized spacial score (nSPS) is 21.7. The van der Waals surface area contributed by atoms with Crippen LogP contribution < -0.4 is 5.32 Å². The Balaban J connectivity index is 2.21. The van der Waals surface area contributed by atoms with Gasteiger partial charge in [0.15, 0.2) is 0 Å². The molecule has 3 N–H and O–H groups in total. The molecule has 1 saturated heterocycles. The maximum atomic E-state index is 12.6. The van der Waals surface area contributed by atoms with Crippen LogP contribution in [0.2, 0.25) is 5.02 Å². The van der Waals surface area contributed by atoms with Gasteiger partial charge in [-0.1, -0.05) is 25.4 Å². The van der Waals surface area contributed by atoms with E-state index in [0.717, 1.165) is 0 Å². The number of aliphatic hydroxyl groups excluding tert-OH is 2. The number of hydrogen-bond donors (Lipinski definition) is 3. The third-order valence-electron chi connectivity index (χ3n) is 4.46. The monoisotopic (exact) mass is 351 g/mol. The average molecular weight is 352 g/mol. The number of urea groups is 1. The lowest BCUT2D eigenvalue weighted by atomic mass is 9.96. The summed E-state index contributed by atoms with van der Waals surface area (Å²) in [5, 5.41) is 32.5. The van der Waals surface area contributed by atoms with E-state index in [4.69, 9.17) is 16.9 Å². The molecule has 0 spiro atoms. The zero-order valence-electron chi connectivity index (χ0n) is 14.0. The number of carbonyl (C=O) groups is 1. The molecule has 1 unspecified atom stereocenters. The average Bonchev–Trinajstić information content (AvgIpc) is 2.92. The summed E-state index contributed by atoms with van der Waals surface area (Å²) in [5.41, 5.74) is 1.45. The highest BCUT2D eigenvalue weighted by molar-refractivity contribution is 6.33. The molecule has 0 bridgehead atoms. The largest absolute Gasteiger partial charge is 0.391 e. The van der Waals surface area contributed by atoms with Crippen molar-refractivity contribution in [2.45, 2.75) is 45.4 Å². The number of benzene rings is 1. The van der Waals surface area contributed by atoms with Crippen molar-refractivity contribution < 1.29 is 15.0 Å². The minimum absolute atomic E-state index is 0.0795. The molecule has 3 atom stereocenters. The van der Waals surface area contributed by atoms with Gasteiger partial charge in [0, 0.05) is 12.2 Å². The fourth-order valence-corrected chi connectivity index (χ4v) is 3.14. The van der Waals surface area contributed by atoms with E-state index >= 15 is 0 Å². The number of carbonyl (C=O) groups excluding carboxylic acids is 1. The Morgan fingerprint density at radius 3 is 2.75 bits per heavy atom. The van der Waals surface area contributed by atoms with Gasteiger partial charge in [0.25, 0.3) is 0 Å². The van der Waals surface area contributed by atoms with Crippen molar-refractivity contribution in [1.29, 1.82) is 5.26 Å². The van der Waals surface area contributed by atoms with Crippen molar-refractivity contribution >= 4 is 23.3 Å². The Bertz CT molecular complexity index is 672. The molecule has 0 aliphatic carbocycles. The first-order chi connectivity index (χ1) is 11.3. The summed E-state index contributed by atoms with van der Waals surface area (Å²) in [6.45, 7) is 5.77. The van der Waals surface area contributed by atoms with Crippen LogP contribution >= 0.6 is 11.6 Å². The quantitative estimate of drug-likeness (QED) is 0.779. The fourth-order valence-electron chi connectivity index (χ4n) is 2.94. The lowest BCUT2D eigenvalue weighted by molar-refractivity contribution is 0.00480. The van der Waals surface area contributed by atoms with Crippen LogP contribution in [-0.2, 0) is 0 Å². The molecule has 2 rings (SSSR count). The van der Waals surface area contributed by atoms with Crippen molar-refractivity contribution in [1.82, 2.24) is 4.90 Å². The minimum atomic E-state index is -0.807. The summed E-state index contributed by atoms with van der Waals surface area (Å²) in [6, 6.07) is 4.12. The Morgan fingerprint density at radius 2 is 2.17 bits per heavy atom. The Kier molecular flexibility index (Phi) is 5.70. The highest BCUT2D eigenvalue weighted by atomic mass is 35.5. The van der Waals surface area contributed by atoms with Crippen LogP contribution in [0.4, 0.5) is 10.5 Å². The summed E-state index contributed by atoms with van der Waals surface area (Å²) in [4.78, 5) is 14.1. The van der Waals surface area contributed by atoms with E-state index in [2.05, 4.69) is 5.32 Å². The molecule has 7 heteroatoms. The molecular weight excluding hydrogens is 330 g/mol. The zero-order chi connectivity index (χ0) is 18.0. The van der Waals surface area contributed by atoms with E-state index in [1.165, 1.54) is 4.90 Å². The zero-order valence-corrected chi connectivity index (χ0v) is 14.7. The van der Waals surface area contributed by atoms with E-state index in [1.54, 1.807) is 19.1 Å². The van der Waals surface area contributed by atoms with Gasteiger partial charge in [-0.25, -0.2) is 4.79 Å². The second kappa shape index (κ2) is 7.39. The van der Waals surface area contributed by atoms with E-state index in [-0.39, 0.29) is 5.92 Å². The van der Waals surface area contributed by atoms with Gasteiger partial charge in [-0.3, -0.25) is 0 Å². The maximum absolute atomic E-state index is 12.6. The number of nitriles is 1. The Hall–Kier alpha value is -1.81. The minimum Gasteiger partial charge on any atom is -0.391 e. The van der Waals surface area contributed by atoms with E-state index in [1.807, 2.05) is 19.9 Å². The second-order valence-electron chi connectivity index (χ2n) is 6.42. The van der Waals surface area contributed by atoms with Crippen molar-refractivity contribution in [3.05, 3.63) is 28.3 Å². The molecule has 1 aromatic carbocycles. The first-order valence-electron chi connectivity index (χ1n) is 7.90. The van der Waals surface area contributed by atoms with Gasteiger partial charge in [0.05, 0.1) is 28.8 Å². The second-order valence-corrected chi connectivity index (χ2v) is 6.79. The number of hydrogen-bond acceptors (Lipinski definition) is 4. The van der Waals surface area contributed by atoms with Crippen LogP contribution in [0.5, 0.6) is 0 Å². The molecule has 0 aromatic heterocycles. The maximum Gasteiger partial charge on any atom is 0.322 e. The number of anilines is 1. The first kappa shape index (κ1) is 18.5. The highest BCUT2D eigenvalue weighted by Crippen LogP contribution is 2.29. The molecular formula is C17H22ClN3O3. The predicted molar refractivity (Wildman–Crippen MR) is 91.9 cm³/mol. The van der Waals surface area contributed by atoms with Crippen LogP contribution in [-0.4, -0.2) is 45.9 Å². The molecule has 0 saturated carbocycles. The van der Waals surface area contributed by atoms with Crippen molar-refractivity contribution in [3.8, 4) is 6.07 Å². The van der Waals surface area contributed by atoms with Crippen molar-refractivity contribution in [2.24, 2.45) is 5.92 Å². The Morgan fingerprint density at radius 1 is 1.50 bits per heavy atom. The molecule has 1 aliphatic rings. The number of halogens is 1. The molecule has 24 heavy (non-hydrogen) atoms. The molecule has 130 valence electrons. The SMILES string of the molecule is Cc1c(NC(=O)N2CCC(O)[C@H]2[C@@H](O)C(C)C)ccc(C#N)c1Cl. The van der Waals surface area contributed by atoms with E-state index in [0.29, 0.717) is 34.8 Å². The number of amides is 2. The number of likely N-dealkylation sites (tertiary alicyclic amines) is 1. The number of nitrogens with one attached hydrogen (secondary N) is 1. The van der Waals surface area contributed by atoms with Crippen molar-refractivity contribution in [2.75, 3.05) is 11.9 Å². The smallest absolute Gasteiger partial charge is 0.322 e. The van der Waals surface area contributed by atoms with Crippen LogP contribution in [0.15, 0.2) is 12.1 Å². The van der Waals surface area contributed by atoms with Gasteiger partial charge >= 0.3 is 6.03 Å². The van der Waals surface area contributed by atoms with Crippen LogP contribution in [0.1, 0.15) is 31.4 Å². The summed E-state index contributed by atoms with van der Waals surface area (Å²) in [5.74, 6) is -0.0795. The number of nitrogens with zero attached hydrogens (tertiary/aromatic N) is 2. The molecule has 1 aromatic rings. The number of aliphatic hydroxyl groups is 2. The summed E-state index contributed by atoms with van der Waals surface area (Å²) in [7, 11) is 0. The lowest BCUT2D eigenvalue weighted by Crippen LogP contribution is -2.50. The standard InChI is InChI=1S/C17H22ClN3O3/c1-9(2)16(23)15-13(22)6-7-21(15)17(24)20-12-5-4-11(8-19)14(18)10(12)3/h4-5,9,13,15-16,22-23H,6-7H2,1-3H3,(H,20,24)/t13?,15-,16-/m0/s1. The summed E-state index contributed by atoms with van der Waals surface area (Å²) < 4.78 is 0. The topological polar surface area (TPSA) is 96.6 Å². The van der Waals surface area contributed by atoms with Gasteiger partial charge in [0.2, 0.25) is 0 Å². The molecule has 1 heterocycles. The van der Waals surface area contributed by atoms with Gasteiger partial charge < -0.3 is 20.4 Å². The van der Waals surface area contributed by atoms with Crippen LogP contribution in [0.3, 0.4) is 0 Å².